The molecule has 4 atom stereocenters. The number of ether oxygens (including phenoxy) is 2. The Bertz CT molecular complexity index is 714. The molecular weight excluding hydrogens is 462 g/mol. The molecule has 1 aliphatic heterocycles. The van der Waals surface area contributed by atoms with E-state index in [1.54, 1.807) is 0 Å². The first-order valence-corrected chi connectivity index (χ1v) is 11.5. The third-order valence-electron chi connectivity index (χ3n) is 5.88. The molecule has 3 rings (SSSR count). The average molecular weight is 489 g/mol. The Labute approximate surface area is 184 Å². The van der Waals surface area contributed by atoms with Crippen molar-refractivity contribution in [1.29, 1.82) is 0 Å². The first-order valence-electron chi connectivity index (χ1n) is 10.0. The van der Waals surface area contributed by atoms with Crippen LogP contribution in [0.3, 0.4) is 0 Å². The molecule has 1 aliphatic carbocycles. The number of halogens is 2. The highest BCUT2D eigenvalue weighted by molar-refractivity contribution is 9.09. The Kier molecular flexibility index (Phi) is 7.59. The van der Waals surface area contributed by atoms with Crippen molar-refractivity contribution >= 4 is 39.5 Å². The molecular formula is C21H27BrClNO5. The maximum absolute atomic E-state index is 11.9. The molecule has 0 radical (unpaired) electrons. The highest BCUT2D eigenvalue weighted by Crippen LogP contribution is 2.53. The summed E-state index contributed by atoms with van der Waals surface area (Å²) in [6.45, 7) is 0.513. The van der Waals surface area contributed by atoms with Gasteiger partial charge in [0.05, 0.1) is 11.4 Å². The predicted molar refractivity (Wildman–Crippen MR) is 113 cm³/mol. The number of alkyl halides is 2. The molecule has 1 saturated carbocycles. The van der Waals surface area contributed by atoms with Gasteiger partial charge in [-0.05, 0) is 37.7 Å². The highest BCUT2D eigenvalue weighted by atomic mass is 79.9. The Morgan fingerprint density at radius 1 is 1.28 bits per heavy atom. The number of carbonyl (C=O) groups is 2. The van der Waals surface area contributed by atoms with Crippen LogP contribution in [-0.4, -0.2) is 51.7 Å². The summed E-state index contributed by atoms with van der Waals surface area (Å²) in [6.07, 6.45) is 4.21. The minimum absolute atomic E-state index is 0.318. The highest BCUT2D eigenvalue weighted by Gasteiger charge is 2.67. The number of unbranched alkanes of at least 4 members (excludes halogenated alkanes) is 2. The normalized spacial score (nSPS) is 30.7. The van der Waals surface area contributed by atoms with Gasteiger partial charge in [0.25, 0.3) is 0 Å². The van der Waals surface area contributed by atoms with Gasteiger partial charge in [0.2, 0.25) is 5.91 Å². The molecule has 0 bridgehead atoms. The second-order valence-corrected chi connectivity index (χ2v) is 9.07. The summed E-state index contributed by atoms with van der Waals surface area (Å²) >= 11 is 8.96. The summed E-state index contributed by atoms with van der Waals surface area (Å²) in [5.41, 5.74) is -0.377. The van der Waals surface area contributed by atoms with E-state index in [0.29, 0.717) is 25.9 Å². The summed E-state index contributed by atoms with van der Waals surface area (Å²) in [7, 11) is 0. The van der Waals surface area contributed by atoms with E-state index in [1.165, 1.54) is 5.56 Å². The van der Waals surface area contributed by atoms with Gasteiger partial charge in [-0.25, -0.2) is 4.79 Å². The quantitative estimate of drug-likeness (QED) is 0.331. The SMILES string of the molecule is O=C(CCl)NC(=O)O[C@@H]1CC[C@]2(CO2)[C@@](O)(CCCCCc2ccccc2)[C@@H]1Br. The van der Waals surface area contributed by atoms with Gasteiger partial charge in [-0.15, -0.1) is 11.6 Å². The maximum Gasteiger partial charge on any atom is 0.414 e. The summed E-state index contributed by atoms with van der Waals surface area (Å²) in [5.74, 6) is -0.934. The van der Waals surface area contributed by atoms with E-state index in [-0.39, 0.29) is 5.88 Å². The summed E-state index contributed by atoms with van der Waals surface area (Å²) in [6, 6.07) is 10.3. The monoisotopic (exact) mass is 487 g/mol. The van der Waals surface area contributed by atoms with Crippen molar-refractivity contribution in [2.75, 3.05) is 12.5 Å². The lowest BCUT2D eigenvalue weighted by Crippen LogP contribution is -2.61. The van der Waals surface area contributed by atoms with Crippen LogP contribution in [0.15, 0.2) is 30.3 Å². The number of epoxide rings is 1. The van der Waals surface area contributed by atoms with Gasteiger partial charge in [0.15, 0.2) is 0 Å². The summed E-state index contributed by atoms with van der Waals surface area (Å²) in [5, 5.41) is 13.6. The van der Waals surface area contributed by atoms with Gasteiger partial charge >= 0.3 is 6.09 Å². The lowest BCUT2D eigenvalue weighted by molar-refractivity contribution is -0.119. The van der Waals surface area contributed by atoms with Crippen molar-refractivity contribution in [3.63, 3.8) is 0 Å². The van der Waals surface area contributed by atoms with E-state index < -0.39 is 34.1 Å². The first-order chi connectivity index (χ1) is 13.9. The number of rotatable bonds is 8. The number of benzene rings is 1. The van der Waals surface area contributed by atoms with Crippen molar-refractivity contribution in [2.24, 2.45) is 0 Å². The van der Waals surface area contributed by atoms with Crippen LogP contribution in [0.1, 0.15) is 44.1 Å². The Morgan fingerprint density at radius 2 is 2.00 bits per heavy atom. The number of amides is 2. The third-order valence-corrected chi connectivity index (χ3v) is 7.47. The third kappa shape index (κ3) is 5.32. The van der Waals surface area contributed by atoms with Gasteiger partial charge in [0, 0.05) is 0 Å². The molecule has 6 nitrogen and oxygen atoms in total. The van der Waals surface area contributed by atoms with Crippen LogP contribution >= 0.6 is 27.5 Å². The molecule has 1 spiro atoms. The standard InChI is InChI=1S/C21H27BrClNO5/c22-18-16(29-19(26)24-17(25)13-23)10-12-20(14-28-20)21(18,27)11-6-2-5-9-15-7-3-1-4-8-15/h1,3-4,7-8,16,18,27H,2,5-6,9-14H2,(H,24,25,26)/t16-,18-,20+,21-/m1/s1. The molecule has 2 N–H and O–H groups in total. The van der Waals surface area contributed by atoms with E-state index in [0.717, 1.165) is 25.7 Å². The zero-order chi connectivity index (χ0) is 20.9. The van der Waals surface area contributed by atoms with Crippen molar-refractivity contribution in [2.45, 2.75) is 67.1 Å². The van der Waals surface area contributed by atoms with Gasteiger partial charge in [-0.2, -0.15) is 0 Å². The maximum atomic E-state index is 11.9. The molecule has 160 valence electrons. The first kappa shape index (κ1) is 22.5. The molecule has 1 saturated heterocycles. The average Bonchev–Trinajstić information content (AvgIpc) is 3.51. The molecule has 0 unspecified atom stereocenters. The zero-order valence-electron chi connectivity index (χ0n) is 16.2. The Morgan fingerprint density at radius 3 is 2.66 bits per heavy atom. The fourth-order valence-corrected chi connectivity index (χ4v) is 5.21. The second-order valence-electron chi connectivity index (χ2n) is 7.82. The minimum atomic E-state index is -1.13. The van der Waals surface area contributed by atoms with Gasteiger partial charge in [-0.1, -0.05) is 59.1 Å². The van der Waals surface area contributed by atoms with E-state index in [1.807, 2.05) is 18.2 Å². The number of aryl methyl sites for hydroxylation is 1. The van der Waals surface area contributed by atoms with E-state index in [9.17, 15) is 14.7 Å². The number of nitrogens with one attached hydrogen (secondary N) is 1. The fourth-order valence-electron chi connectivity index (χ4n) is 4.12. The Hall–Kier alpha value is -1.15. The van der Waals surface area contributed by atoms with Crippen LogP contribution in [0.25, 0.3) is 0 Å². The fraction of sp³-hybridized carbons (Fsp3) is 0.619. The van der Waals surface area contributed by atoms with Crippen molar-refractivity contribution in [3.05, 3.63) is 35.9 Å². The number of alkyl carbamates (subject to hydrolysis) is 1. The number of aliphatic hydroxyl groups is 1. The number of carbonyl (C=O) groups excluding carboxylic acids is 2. The molecule has 2 fully saturated rings. The van der Waals surface area contributed by atoms with Crippen molar-refractivity contribution in [3.8, 4) is 0 Å². The van der Waals surface area contributed by atoms with E-state index >= 15 is 0 Å². The van der Waals surface area contributed by atoms with Gasteiger partial charge in [0.1, 0.15) is 23.2 Å². The molecule has 1 heterocycles. The van der Waals surface area contributed by atoms with Crippen molar-refractivity contribution in [1.82, 2.24) is 5.32 Å². The van der Waals surface area contributed by atoms with Crippen LogP contribution in [-0.2, 0) is 20.7 Å². The largest absolute Gasteiger partial charge is 0.445 e. The summed E-state index contributed by atoms with van der Waals surface area (Å²) < 4.78 is 11.1. The molecule has 8 heteroatoms. The molecule has 1 aromatic carbocycles. The Balaban J connectivity index is 1.52. The predicted octanol–water partition coefficient (Wildman–Crippen LogP) is 3.71. The molecule has 0 aromatic heterocycles. The van der Waals surface area contributed by atoms with E-state index in [4.69, 9.17) is 21.1 Å². The summed E-state index contributed by atoms with van der Waals surface area (Å²) in [4.78, 5) is 22.7. The van der Waals surface area contributed by atoms with Gasteiger partial charge in [-0.3, -0.25) is 10.1 Å². The van der Waals surface area contributed by atoms with Gasteiger partial charge < -0.3 is 14.6 Å². The lowest BCUT2D eigenvalue weighted by atomic mass is 9.71. The van der Waals surface area contributed by atoms with E-state index in [2.05, 4.69) is 33.4 Å². The van der Waals surface area contributed by atoms with Crippen molar-refractivity contribution < 1.29 is 24.2 Å². The number of hydrogen-bond acceptors (Lipinski definition) is 5. The molecule has 2 amide bonds. The molecule has 29 heavy (non-hydrogen) atoms. The minimum Gasteiger partial charge on any atom is -0.445 e. The second kappa shape index (κ2) is 9.77. The molecule has 1 aromatic rings. The van der Waals surface area contributed by atoms with Crippen LogP contribution < -0.4 is 5.32 Å². The lowest BCUT2D eigenvalue weighted by Gasteiger charge is -2.45. The number of imide groups is 1. The molecule has 2 aliphatic rings. The zero-order valence-corrected chi connectivity index (χ0v) is 18.6. The number of hydrogen-bond donors (Lipinski definition) is 2. The van der Waals surface area contributed by atoms with Crippen LogP contribution in [0, 0.1) is 0 Å². The van der Waals surface area contributed by atoms with Crippen LogP contribution in [0.5, 0.6) is 0 Å². The van der Waals surface area contributed by atoms with Crippen LogP contribution in [0.4, 0.5) is 4.79 Å². The smallest absolute Gasteiger partial charge is 0.414 e. The van der Waals surface area contributed by atoms with Crippen LogP contribution in [0.2, 0.25) is 0 Å². The topological polar surface area (TPSA) is 88.2 Å².